The Morgan fingerprint density at radius 1 is 1.39 bits per heavy atom. The standard InChI is InChI=1S/C16H23F2N3O.HI/c1-19-16(21-9-7-12(10-21)11-22-2)20-8-6-13-14(17)4-3-5-15(13)18;/h3-5,12H,6-11H2,1-2H3,(H,19,20);1H. The second-order valence-corrected chi connectivity index (χ2v) is 5.48. The molecule has 1 heterocycles. The number of nitrogens with one attached hydrogen (secondary N) is 1. The second kappa shape index (κ2) is 10.0. The molecule has 2 rings (SSSR count). The Morgan fingerprint density at radius 3 is 2.70 bits per heavy atom. The summed E-state index contributed by atoms with van der Waals surface area (Å²) in [6.45, 7) is 2.99. The third-order valence-corrected chi connectivity index (χ3v) is 3.92. The summed E-state index contributed by atoms with van der Waals surface area (Å²) in [5.74, 6) is 0.277. The molecule has 0 amide bonds. The first-order valence-corrected chi connectivity index (χ1v) is 7.53. The lowest BCUT2D eigenvalue weighted by Crippen LogP contribution is -2.41. The quantitative estimate of drug-likeness (QED) is 0.436. The minimum absolute atomic E-state index is 0. The second-order valence-electron chi connectivity index (χ2n) is 5.48. The Bertz CT molecular complexity index is 508. The molecule has 0 saturated carbocycles. The van der Waals surface area contributed by atoms with Crippen molar-refractivity contribution in [1.29, 1.82) is 0 Å². The van der Waals surface area contributed by atoms with Gasteiger partial charge in [0.1, 0.15) is 11.6 Å². The van der Waals surface area contributed by atoms with E-state index in [4.69, 9.17) is 4.74 Å². The average Bonchev–Trinajstić information content (AvgIpc) is 2.95. The van der Waals surface area contributed by atoms with E-state index in [0.29, 0.717) is 12.5 Å². The number of hydrogen-bond acceptors (Lipinski definition) is 2. The molecule has 1 saturated heterocycles. The summed E-state index contributed by atoms with van der Waals surface area (Å²) in [6.07, 6.45) is 1.35. The highest BCUT2D eigenvalue weighted by Gasteiger charge is 2.24. The van der Waals surface area contributed by atoms with Crippen LogP contribution in [0.25, 0.3) is 0 Å². The smallest absolute Gasteiger partial charge is 0.193 e. The highest BCUT2D eigenvalue weighted by molar-refractivity contribution is 14.0. The molecule has 1 aromatic carbocycles. The third kappa shape index (κ3) is 5.56. The maximum absolute atomic E-state index is 13.6. The first kappa shape index (κ1) is 20.1. The topological polar surface area (TPSA) is 36.9 Å². The Hall–Kier alpha value is -0.960. The molecule has 1 atom stereocenters. The van der Waals surface area contributed by atoms with Crippen molar-refractivity contribution < 1.29 is 13.5 Å². The van der Waals surface area contributed by atoms with Gasteiger partial charge in [0.2, 0.25) is 0 Å². The van der Waals surface area contributed by atoms with Crippen LogP contribution in [0.3, 0.4) is 0 Å². The number of nitrogens with zero attached hydrogens (tertiary/aromatic N) is 2. The van der Waals surface area contributed by atoms with E-state index < -0.39 is 11.6 Å². The highest BCUT2D eigenvalue weighted by atomic mass is 127. The van der Waals surface area contributed by atoms with E-state index in [-0.39, 0.29) is 36.0 Å². The number of guanidine groups is 1. The zero-order valence-corrected chi connectivity index (χ0v) is 15.8. The summed E-state index contributed by atoms with van der Waals surface area (Å²) in [5.41, 5.74) is 0.115. The molecule has 0 aliphatic carbocycles. The lowest BCUT2D eigenvalue weighted by Gasteiger charge is -2.21. The molecule has 0 bridgehead atoms. The van der Waals surface area contributed by atoms with Crippen LogP contribution in [-0.4, -0.2) is 51.3 Å². The number of aliphatic imine (C=N–C) groups is 1. The molecule has 1 unspecified atom stereocenters. The van der Waals surface area contributed by atoms with Crippen molar-refractivity contribution in [3.8, 4) is 0 Å². The van der Waals surface area contributed by atoms with Gasteiger partial charge in [-0.15, -0.1) is 24.0 Å². The largest absolute Gasteiger partial charge is 0.384 e. The van der Waals surface area contributed by atoms with E-state index in [1.54, 1.807) is 14.2 Å². The number of benzene rings is 1. The number of methoxy groups -OCH3 is 1. The average molecular weight is 439 g/mol. The van der Waals surface area contributed by atoms with Gasteiger partial charge in [-0.2, -0.15) is 0 Å². The normalized spacial score (nSPS) is 18.0. The maximum Gasteiger partial charge on any atom is 0.193 e. The van der Waals surface area contributed by atoms with E-state index in [1.165, 1.54) is 18.2 Å². The molecule has 0 spiro atoms. The van der Waals surface area contributed by atoms with Gasteiger partial charge in [-0.05, 0) is 25.0 Å². The highest BCUT2D eigenvalue weighted by Crippen LogP contribution is 2.16. The van der Waals surface area contributed by atoms with E-state index in [9.17, 15) is 8.78 Å². The fourth-order valence-electron chi connectivity index (χ4n) is 2.80. The molecule has 130 valence electrons. The number of rotatable bonds is 5. The van der Waals surface area contributed by atoms with Gasteiger partial charge in [0.05, 0.1) is 6.61 Å². The number of likely N-dealkylation sites (tertiary alicyclic amines) is 1. The van der Waals surface area contributed by atoms with Crippen LogP contribution >= 0.6 is 24.0 Å². The molecular weight excluding hydrogens is 415 g/mol. The Balaban J connectivity index is 0.00000264. The van der Waals surface area contributed by atoms with E-state index in [1.807, 2.05) is 0 Å². The molecule has 1 aliphatic rings. The zero-order chi connectivity index (χ0) is 15.9. The van der Waals surface area contributed by atoms with Crippen molar-refractivity contribution in [2.75, 3.05) is 40.4 Å². The van der Waals surface area contributed by atoms with Crippen LogP contribution in [0.2, 0.25) is 0 Å². The van der Waals surface area contributed by atoms with Crippen LogP contribution < -0.4 is 5.32 Å². The van der Waals surface area contributed by atoms with E-state index in [0.717, 1.165) is 32.1 Å². The molecule has 4 nitrogen and oxygen atoms in total. The third-order valence-electron chi connectivity index (χ3n) is 3.92. The molecule has 1 aliphatic heterocycles. The number of ether oxygens (including phenoxy) is 1. The molecule has 23 heavy (non-hydrogen) atoms. The lowest BCUT2D eigenvalue weighted by molar-refractivity contribution is 0.157. The molecule has 0 radical (unpaired) electrons. The van der Waals surface area contributed by atoms with Gasteiger partial charge in [-0.1, -0.05) is 6.07 Å². The Morgan fingerprint density at radius 2 is 2.09 bits per heavy atom. The monoisotopic (exact) mass is 439 g/mol. The van der Waals surface area contributed by atoms with E-state index in [2.05, 4.69) is 15.2 Å². The first-order valence-electron chi connectivity index (χ1n) is 7.53. The van der Waals surface area contributed by atoms with Crippen molar-refractivity contribution >= 4 is 29.9 Å². The fourth-order valence-corrected chi connectivity index (χ4v) is 2.80. The first-order chi connectivity index (χ1) is 10.7. The SMILES string of the molecule is CN=C(NCCc1c(F)cccc1F)N1CCC(COC)C1.I. The summed E-state index contributed by atoms with van der Waals surface area (Å²) in [6, 6.07) is 3.94. The van der Waals surface area contributed by atoms with Gasteiger partial charge in [0, 0.05) is 45.3 Å². The summed E-state index contributed by atoms with van der Waals surface area (Å²) < 4.78 is 32.3. The molecule has 0 aromatic heterocycles. The summed E-state index contributed by atoms with van der Waals surface area (Å²) >= 11 is 0. The van der Waals surface area contributed by atoms with Crippen LogP contribution in [0.15, 0.2) is 23.2 Å². The molecule has 1 aromatic rings. The molecule has 1 N–H and O–H groups in total. The van der Waals surface area contributed by atoms with Crippen molar-refractivity contribution in [3.63, 3.8) is 0 Å². The number of hydrogen-bond donors (Lipinski definition) is 1. The summed E-state index contributed by atoms with van der Waals surface area (Å²) in [7, 11) is 3.42. The van der Waals surface area contributed by atoms with Crippen LogP contribution in [0.4, 0.5) is 8.78 Å². The molecular formula is C16H24F2IN3O. The maximum atomic E-state index is 13.6. The predicted molar refractivity (Wildman–Crippen MR) is 98.4 cm³/mol. The molecule has 1 fully saturated rings. The van der Waals surface area contributed by atoms with Gasteiger partial charge < -0.3 is 15.0 Å². The van der Waals surface area contributed by atoms with E-state index >= 15 is 0 Å². The van der Waals surface area contributed by atoms with Gasteiger partial charge in [-0.3, -0.25) is 4.99 Å². The summed E-state index contributed by atoms with van der Waals surface area (Å²) in [5, 5.41) is 3.18. The van der Waals surface area contributed by atoms with Crippen molar-refractivity contribution in [3.05, 3.63) is 35.4 Å². The van der Waals surface area contributed by atoms with Gasteiger partial charge in [-0.25, -0.2) is 8.78 Å². The minimum Gasteiger partial charge on any atom is -0.384 e. The van der Waals surface area contributed by atoms with Crippen molar-refractivity contribution in [1.82, 2.24) is 10.2 Å². The van der Waals surface area contributed by atoms with Crippen LogP contribution in [0, 0.1) is 17.6 Å². The summed E-state index contributed by atoms with van der Waals surface area (Å²) in [4.78, 5) is 6.40. The van der Waals surface area contributed by atoms with Gasteiger partial charge >= 0.3 is 0 Å². The zero-order valence-electron chi connectivity index (χ0n) is 13.5. The predicted octanol–water partition coefficient (Wildman–Crippen LogP) is 2.67. The van der Waals surface area contributed by atoms with Crippen molar-refractivity contribution in [2.24, 2.45) is 10.9 Å². The Labute approximate surface area is 153 Å². The van der Waals surface area contributed by atoms with Crippen molar-refractivity contribution in [2.45, 2.75) is 12.8 Å². The Kier molecular flexibility index (Phi) is 8.75. The van der Waals surface area contributed by atoms with Gasteiger partial charge in [0.25, 0.3) is 0 Å². The molecule has 7 heteroatoms. The van der Waals surface area contributed by atoms with Gasteiger partial charge in [0.15, 0.2) is 5.96 Å². The number of halogens is 3. The van der Waals surface area contributed by atoms with Crippen LogP contribution in [0.5, 0.6) is 0 Å². The lowest BCUT2D eigenvalue weighted by atomic mass is 10.1. The van der Waals surface area contributed by atoms with Crippen LogP contribution in [-0.2, 0) is 11.2 Å². The fraction of sp³-hybridized carbons (Fsp3) is 0.562. The minimum atomic E-state index is -0.502. The van der Waals surface area contributed by atoms with Crippen LogP contribution in [0.1, 0.15) is 12.0 Å².